The van der Waals surface area contributed by atoms with Crippen LogP contribution < -0.4 is 11.1 Å². The van der Waals surface area contributed by atoms with Gasteiger partial charge in [-0.2, -0.15) is 0 Å². The minimum Gasteiger partial charge on any atom is -0.383 e. The number of amides is 1. The molecule has 2 atom stereocenters. The number of para-hydroxylation sites is 1. The number of carbonyl (C=O) groups excluding carboxylic acids is 1. The number of anilines is 1. The van der Waals surface area contributed by atoms with E-state index in [1.807, 2.05) is 49.2 Å². The molecule has 0 saturated carbocycles. The zero-order valence-electron chi connectivity index (χ0n) is 11.8. The van der Waals surface area contributed by atoms with Crippen molar-refractivity contribution in [2.75, 3.05) is 32.6 Å². The molecule has 0 aromatic heterocycles. The highest BCUT2D eigenvalue weighted by atomic mass is 16.5. The van der Waals surface area contributed by atoms with Gasteiger partial charge in [0.25, 0.3) is 0 Å². The van der Waals surface area contributed by atoms with Crippen molar-refractivity contribution in [1.29, 1.82) is 0 Å². The first-order valence-corrected chi connectivity index (χ1v) is 6.35. The van der Waals surface area contributed by atoms with Gasteiger partial charge in [-0.05, 0) is 26.1 Å². The summed E-state index contributed by atoms with van der Waals surface area (Å²) in [4.78, 5) is 14.0. The number of likely N-dealkylation sites (N-methyl/N-ethyl adjacent to an activating group) is 1. The van der Waals surface area contributed by atoms with Crippen molar-refractivity contribution in [2.24, 2.45) is 5.73 Å². The van der Waals surface area contributed by atoms with E-state index in [0.29, 0.717) is 13.2 Å². The van der Waals surface area contributed by atoms with Crippen molar-refractivity contribution in [3.05, 3.63) is 30.3 Å². The molecule has 1 aromatic rings. The van der Waals surface area contributed by atoms with Crippen molar-refractivity contribution >= 4 is 11.6 Å². The van der Waals surface area contributed by atoms with Gasteiger partial charge in [-0.3, -0.25) is 9.69 Å². The SMILES string of the molecule is COCC(N)CN(C)C(C)C(=O)Nc1ccccc1. The standard InChI is InChI=1S/C14H23N3O2/c1-11(17(2)9-12(15)10-19-3)14(18)16-13-7-5-4-6-8-13/h4-8,11-12H,9-10,15H2,1-3H3,(H,16,18). The van der Waals surface area contributed by atoms with E-state index >= 15 is 0 Å². The molecular weight excluding hydrogens is 242 g/mol. The van der Waals surface area contributed by atoms with Gasteiger partial charge in [0.05, 0.1) is 12.6 Å². The van der Waals surface area contributed by atoms with E-state index in [4.69, 9.17) is 10.5 Å². The zero-order valence-corrected chi connectivity index (χ0v) is 11.8. The van der Waals surface area contributed by atoms with E-state index in [1.165, 1.54) is 0 Å². The van der Waals surface area contributed by atoms with E-state index < -0.39 is 0 Å². The fourth-order valence-corrected chi connectivity index (χ4v) is 1.76. The van der Waals surface area contributed by atoms with Gasteiger partial charge in [0.1, 0.15) is 0 Å². The molecule has 106 valence electrons. The summed E-state index contributed by atoms with van der Waals surface area (Å²) < 4.78 is 4.99. The molecule has 0 aliphatic rings. The minimum atomic E-state index is -0.247. The lowest BCUT2D eigenvalue weighted by Gasteiger charge is -2.26. The highest BCUT2D eigenvalue weighted by Crippen LogP contribution is 2.07. The summed E-state index contributed by atoms with van der Waals surface area (Å²) in [5, 5.41) is 2.88. The van der Waals surface area contributed by atoms with Crippen molar-refractivity contribution < 1.29 is 9.53 Å². The number of hydrogen-bond acceptors (Lipinski definition) is 4. The number of hydrogen-bond donors (Lipinski definition) is 2. The molecule has 5 heteroatoms. The molecular formula is C14H23N3O2. The lowest BCUT2D eigenvalue weighted by molar-refractivity contribution is -0.120. The van der Waals surface area contributed by atoms with Crippen LogP contribution in [0.1, 0.15) is 6.92 Å². The topological polar surface area (TPSA) is 67.6 Å². The van der Waals surface area contributed by atoms with Crippen LogP contribution in [0.2, 0.25) is 0 Å². The summed E-state index contributed by atoms with van der Waals surface area (Å²) in [6, 6.07) is 9.07. The quantitative estimate of drug-likeness (QED) is 0.769. The Hall–Kier alpha value is -1.43. The third-order valence-corrected chi connectivity index (χ3v) is 2.99. The van der Waals surface area contributed by atoms with Gasteiger partial charge >= 0.3 is 0 Å². The number of ether oxygens (including phenoxy) is 1. The van der Waals surface area contributed by atoms with Crippen molar-refractivity contribution in [1.82, 2.24) is 4.90 Å². The van der Waals surface area contributed by atoms with Crippen LogP contribution in [-0.4, -0.2) is 50.2 Å². The van der Waals surface area contributed by atoms with E-state index in [9.17, 15) is 4.79 Å². The predicted molar refractivity (Wildman–Crippen MR) is 77.0 cm³/mol. The highest BCUT2D eigenvalue weighted by molar-refractivity contribution is 5.94. The van der Waals surface area contributed by atoms with Gasteiger partial charge in [0.15, 0.2) is 0 Å². The number of benzene rings is 1. The van der Waals surface area contributed by atoms with Crippen LogP contribution in [-0.2, 0) is 9.53 Å². The molecule has 0 bridgehead atoms. The summed E-state index contributed by atoms with van der Waals surface area (Å²) in [5.41, 5.74) is 6.68. The van der Waals surface area contributed by atoms with Gasteiger partial charge in [-0.1, -0.05) is 18.2 Å². The Labute approximate surface area is 114 Å². The molecule has 0 aliphatic heterocycles. The van der Waals surface area contributed by atoms with E-state index in [1.54, 1.807) is 7.11 Å². The van der Waals surface area contributed by atoms with Crippen LogP contribution >= 0.6 is 0 Å². The smallest absolute Gasteiger partial charge is 0.241 e. The summed E-state index contributed by atoms with van der Waals surface area (Å²) in [6.07, 6.45) is 0. The molecule has 3 N–H and O–H groups in total. The second kappa shape index (κ2) is 7.89. The lowest BCUT2D eigenvalue weighted by atomic mass is 10.2. The fraction of sp³-hybridized carbons (Fsp3) is 0.500. The highest BCUT2D eigenvalue weighted by Gasteiger charge is 2.19. The number of methoxy groups -OCH3 is 1. The molecule has 0 saturated heterocycles. The van der Waals surface area contributed by atoms with Crippen molar-refractivity contribution in [3.63, 3.8) is 0 Å². The normalized spacial score (nSPS) is 14.2. The largest absolute Gasteiger partial charge is 0.383 e. The summed E-state index contributed by atoms with van der Waals surface area (Å²) in [5.74, 6) is -0.0432. The fourth-order valence-electron chi connectivity index (χ4n) is 1.76. The van der Waals surface area contributed by atoms with Crippen LogP contribution in [0.3, 0.4) is 0 Å². The Balaban J connectivity index is 2.47. The van der Waals surface area contributed by atoms with Gasteiger partial charge in [0.2, 0.25) is 5.91 Å². The predicted octanol–water partition coefficient (Wildman–Crippen LogP) is 0.919. The molecule has 0 spiro atoms. The molecule has 19 heavy (non-hydrogen) atoms. The van der Waals surface area contributed by atoms with Gasteiger partial charge in [-0.25, -0.2) is 0 Å². The Morgan fingerprint density at radius 1 is 1.42 bits per heavy atom. The number of nitrogens with zero attached hydrogens (tertiary/aromatic N) is 1. The van der Waals surface area contributed by atoms with Crippen LogP contribution in [0.25, 0.3) is 0 Å². The maximum Gasteiger partial charge on any atom is 0.241 e. The molecule has 2 unspecified atom stereocenters. The van der Waals surface area contributed by atoms with E-state index in [-0.39, 0.29) is 18.0 Å². The van der Waals surface area contributed by atoms with Crippen LogP contribution in [0.15, 0.2) is 30.3 Å². The van der Waals surface area contributed by atoms with Crippen LogP contribution in [0, 0.1) is 0 Å². The number of carbonyl (C=O) groups is 1. The van der Waals surface area contributed by atoms with Crippen molar-refractivity contribution in [3.8, 4) is 0 Å². The summed E-state index contributed by atoms with van der Waals surface area (Å²) in [6.45, 7) is 2.95. The first kappa shape index (κ1) is 15.6. The summed E-state index contributed by atoms with van der Waals surface area (Å²) in [7, 11) is 3.50. The molecule has 0 heterocycles. The Morgan fingerprint density at radius 2 is 2.05 bits per heavy atom. The van der Waals surface area contributed by atoms with Gasteiger partial charge < -0.3 is 15.8 Å². The maximum atomic E-state index is 12.1. The van der Waals surface area contributed by atoms with Crippen LogP contribution in [0.4, 0.5) is 5.69 Å². The van der Waals surface area contributed by atoms with Crippen molar-refractivity contribution in [2.45, 2.75) is 19.0 Å². The molecule has 0 fully saturated rings. The monoisotopic (exact) mass is 265 g/mol. The molecule has 1 rings (SSSR count). The Bertz CT molecular complexity index is 384. The Kier molecular flexibility index (Phi) is 6.49. The third-order valence-electron chi connectivity index (χ3n) is 2.99. The average Bonchev–Trinajstić information content (AvgIpc) is 2.39. The van der Waals surface area contributed by atoms with E-state index in [0.717, 1.165) is 5.69 Å². The van der Waals surface area contributed by atoms with Gasteiger partial charge in [-0.15, -0.1) is 0 Å². The number of nitrogens with two attached hydrogens (primary N) is 1. The maximum absolute atomic E-state index is 12.1. The molecule has 1 amide bonds. The zero-order chi connectivity index (χ0) is 14.3. The average molecular weight is 265 g/mol. The number of nitrogens with one attached hydrogen (secondary N) is 1. The molecule has 0 radical (unpaired) electrons. The second-order valence-corrected chi connectivity index (χ2v) is 4.69. The molecule has 0 aliphatic carbocycles. The second-order valence-electron chi connectivity index (χ2n) is 4.69. The molecule has 5 nitrogen and oxygen atoms in total. The Morgan fingerprint density at radius 3 is 2.63 bits per heavy atom. The minimum absolute atomic E-state index is 0.0432. The van der Waals surface area contributed by atoms with Gasteiger partial charge in [0, 0.05) is 25.4 Å². The number of rotatable bonds is 7. The van der Waals surface area contributed by atoms with Crippen LogP contribution in [0.5, 0.6) is 0 Å². The molecule has 1 aromatic carbocycles. The van der Waals surface area contributed by atoms with E-state index in [2.05, 4.69) is 5.32 Å². The first-order valence-electron chi connectivity index (χ1n) is 6.35. The lowest BCUT2D eigenvalue weighted by Crippen LogP contribution is -2.46. The third kappa shape index (κ3) is 5.38. The first-order chi connectivity index (χ1) is 9.04. The summed E-state index contributed by atoms with van der Waals surface area (Å²) >= 11 is 0.